The second-order valence-electron chi connectivity index (χ2n) is 4.78. The normalized spacial score (nSPS) is 21.1. The molecule has 0 spiro atoms. The smallest absolute Gasteiger partial charge is 0.257 e. The molecule has 98 valence electrons. The first-order valence-corrected chi connectivity index (χ1v) is 6.42. The second-order valence-corrected chi connectivity index (χ2v) is 5.19. The molecule has 2 rings (SSSR count). The molecular formula is C13H18ClN3O. The number of hydrogen-bond acceptors (Lipinski definition) is 3. The van der Waals surface area contributed by atoms with E-state index in [4.69, 9.17) is 17.3 Å². The van der Waals surface area contributed by atoms with Crippen LogP contribution < -0.4 is 5.73 Å². The Balaban J connectivity index is 2.22. The highest BCUT2D eigenvalue weighted by atomic mass is 35.5. The summed E-state index contributed by atoms with van der Waals surface area (Å²) in [5.41, 5.74) is 6.72. The van der Waals surface area contributed by atoms with Crippen molar-refractivity contribution >= 4 is 23.2 Å². The predicted octanol–water partition coefficient (Wildman–Crippen LogP) is 1.70. The summed E-state index contributed by atoms with van der Waals surface area (Å²) >= 11 is 6.07. The van der Waals surface area contributed by atoms with Crippen LogP contribution in [0.4, 0.5) is 5.69 Å². The van der Waals surface area contributed by atoms with Crippen LogP contribution in [0.1, 0.15) is 17.3 Å². The Labute approximate surface area is 112 Å². The Morgan fingerprint density at radius 2 is 2.17 bits per heavy atom. The van der Waals surface area contributed by atoms with Crippen LogP contribution in [0.15, 0.2) is 18.2 Å². The number of anilines is 1. The highest BCUT2D eigenvalue weighted by molar-refractivity contribution is 6.34. The van der Waals surface area contributed by atoms with Crippen molar-refractivity contribution in [2.45, 2.75) is 13.0 Å². The van der Waals surface area contributed by atoms with E-state index in [1.54, 1.807) is 18.2 Å². The largest absolute Gasteiger partial charge is 0.398 e. The summed E-state index contributed by atoms with van der Waals surface area (Å²) in [5.74, 6) is -0.0712. The van der Waals surface area contributed by atoms with Gasteiger partial charge in [0.15, 0.2) is 0 Å². The van der Waals surface area contributed by atoms with Gasteiger partial charge in [0.1, 0.15) is 0 Å². The number of halogens is 1. The Hall–Kier alpha value is -1.26. The van der Waals surface area contributed by atoms with Gasteiger partial charge in [-0.05, 0) is 26.1 Å². The van der Waals surface area contributed by atoms with E-state index >= 15 is 0 Å². The van der Waals surface area contributed by atoms with E-state index in [2.05, 4.69) is 18.9 Å². The molecule has 0 aromatic heterocycles. The van der Waals surface area contributed by atoms with Crippen LogP contribution in [0.25, 0.3) is 0 Å². The van der Waals surface area contributed by atoms with Crippen LogP contribution in [0.2, 0.25) is 5.02 Å². The lowest BCUT2D eigenvalue weighted by Gasteiger charge is -2.37. The topological polar surface area (TPSA) is 49.6 Å². The SMILES string of the molecule is CC1CN(C(=O)c2c(N)cccc2Cl)CCN1C. The van der Waals surface area contributed by atoms with Crippen LogP contribution in [-0.2, 0) is 0 Å². The maximum Gasteiger partial charge on any atom is 0.257 e. The summed E-state index contributed by atoms with van der Waals surface area (Å²) < 4.78 is 0. The number of carbonyl (C=O) groups excluding carboxylic acids is 1. The minimum Gasteiger partial charge on any atom is -0.398 e. The summed E-state index contributed by atoms with van der Waals surface area (Å²) in [7, 11) is 2.07. The molecule has 1 aliphatic heterocycles. The summed E-state index contributed by atoms with van der Waals surface area (Å²) in [5, 5.41) is 0.423. The zero-order chi connectivity index (χ0) is 13.3. The fraction of sp³-hybridized carbons (Fsp3) is 0.462. The predicted molar refractivity (Wildman–Crippen MR) is 73.9 cm³/mol. The molecule has 0 bridgehead atoms. The fourth-order valence-electron chi connectivity index (χ4n) is 2.16. The van der Waals surface area contributed by atoms with Crippen molar-refractivity contribution in [3.63, 3.8) is 0 Å². The molecule has 2 N–H and O–H groups in total. The van der Waals surface area contributed by atoms with Gasteiger partial charge >= 0.3 is 0 Å². The third-order valence-corrected chi connectivity index (χ3v) is 3.82. The van der Waals surface area contributed by atoms with Gasteiger partial charge in [-0.1, -0.05) is 17.7 Å². The van der Waals surface area contributed by atoms with Gasteiger partial charge in [-0.2, -0.15) is 0 Å². The van der Waals surface area contributed by atoms with E-state index < -0.39 is 0 Å². The molecule has 1 aliphatic rings. The lowest BCUT2D eigenvalue weighted by Crippen LogP contribution is -2.52. The Morgan fingerprint density at radius 1 is 1.44 bits per heavy atom. The zero-order valence-electron chi connectivity index (χ0n) is 10.7. The molecule has 1 unspecified atom stereocenters. The Morgan fingerprint density at radius 3 is 2.78 bits per heavy atom. The van der Waals surface area contributed by atoms with E-state index in [-0.39, 0.29) is 5.91 Å². The molecule has 1 atom stereocenters. The summed E-state index contributed by atoms with van der Waals surface area (Å²) in [6.07, 6.45) is 0. The fourth-order valence-corrected chi connectivity index (χ4v) is 2.42. The monoisotopic (exact) mass is 267 g/mol. The highest BCUT2D eigenvalue weighted by Gasteiger charge is 2.27. The maximum absolute atomic E-state index is 12.4. The van der Waals surface area contributed by atoms with Gasteiger partial charge in [0.05, 0.1) is 10.6 Å². The van der Waals surface area contributed by atoms with E-state index in [9.17, 15) is 4.79 Å². The molecule has 1 heterocycles. The van der Waals surface area contributed by atoms with Crippen LogP contribution >= 0.6 is 11.6 Å². The third kappa shape index (κ3) is 2.44. The highest BCUT2D eigenvalue weighted by Crippen LogP contribution is 2.24. The minimum atomic E-state index is -0.0712. The molecule has 1 amide bonds. The van der Waals surface area contributed by atoms with Gasteiger partial charge in [-0.25, -0.2) is 0 Å². The van der Waals surface area contributed by atoms with Crippen molar-refractivity contribution in [3.8, 4) is 0 Å². The van der Waals surface area contributed by atoms with E-state index in [1.807, 2.05) is 4.90 Å². The number of hydrogen-bond donors (Lipinski definition) is 1. The average Bonchev–Trinajstić information content (AvgIpc) is 2.32. The molecule has 4 nitrogen and oxygen atoms in total. The average molecular weight is 268 g/mol. The van der Waals surface area contributed by atoms with Crippen molar-refractivity contribution < 1.29 is 4.79 Å². The van der Waals surface area contributed by atoms with Crippen molar-refractivity contribution in [3.05, 3.63) is 28.8 Å². The molecule has 0 aliphatic carbocycles. The van der Waals surface area contributed by atoms with E-state index in [1.165, 1.54) is 0 Å². The number of nitrogens with two attached hydrogens (primary N) is 1. The quantitative estimate of drug-likeness (QED) is 0.788. The standard InChI is InChI=1S/C13H18ClN3O/c1-9-8-17(7-6-16(9)2)13(18)12-10(14)4-3-5-11(12)15/h3-5,9H,6-8,15H2,1-2H3. The van der Waals surface area contributed by atoms with Crippen molar-refractivity contribution in [2.75, 3.05) is 32.4 Å². The minimum absolute atomic E-state index is 0.0712. The van der Waals surface area contributed by atoms with Gasteiger partial charge in [-0.3, -0.25) is 4.79 Å². The van der Waals surface area contributed by atoms with Crippen molar-refractivity contribution in [1.29, 1.82) is 0 Å². The maximum atomic E-state index is 12.4. The number of rotatable bonds is 1. The molecule has 1 fully saturated rings. The number of carbonyl (C=O) groups is 1. The summed E-state index contributed by atoms with van der Waals surface area (Å²) in [4.78, 5) is 16.5. The van der Waals surface area contributed by atoms with Crippen molar-refractivity contribution in [1.82, 2.24) is 9.80 Å². The number of nitrogen functional groups attached to an aromatic ring is 1. The first-order valence-electron chi connectivity index (χ1n) is 6.04. The van der Waals surface area contributed by atoms with Crippen LogP contribution in [0, 0.1) is 0 Å². The van der Waals surface area contributed by atoms with E-state index in [0.29, 0.717) is 35.4 Å². The molecule has 0 radical (unpaired) electrons. The second kappa shape index (κ2) is 5.16. The zero-order valence-corrected chi connectivity index (χ0v) is 11.4. The first kappa shape index (κ1) is 13.2. The molecule has 0 saturated carbocycles. The Kier molecular flexibility index (Phi) is 3.78. The lowest BCUT2D eigenvalue weighted by atomic mass is 10.1. The summed E-state index contributed by atoms with van der Waals surface area (Å²) in [6.45, 7) is 4.40. The number of piperazine rings is 1. The number of benzene rings is 1. The van der Waals surface area contributed by atoms with Gasteiger partial charge in [0, 0.05) is 31.4 Å². The van der Waals surface area contributed by atoms with Gasteiger partial charge in [0.2, 0.25) is 0 Å². The van der Waals surface area contributed by atoms with Crippen molar-refractivity contribution in [2.24, 2.45) is 0 Å². The van der Waals surface area contributed by atoms with Crippen LogP contribution in [0.5, 0.6) is 0 Å². The number of nitrogens with zero attached hydrogens (tertiary/aromatic N) is 2. The summed E-state index contributed by atoms with van der Waals surface area (Å²) in [6, 6.07) is 5.51. The molecule has 18 heavy (non-hydrogen) atoms. The number of amides is 1. The molecule has 5 heteroatoms. The molecule has 1 saturated heterocycles. The first-order chi connectivity index (χ1) is 8.50. The molecule has 1 aromatic carbocycles. The third-order valence-electron chi connectivity index (χ3n) is 3.51. The van der Waals surface area contributed by atoms with Gasteiger partial charge in [-0.15, -0.1) is 0 Å². The van der Waals surface area contributed by atoms with Crippen LogP contribution in [0.3, 0.4) is 0 Å². The van der Waals surface area contributed by atoms with Gasteiger partial charge < -0.3 is 15.5 Å². The lowest BCUT2D eigenvalue weighted by molar-refractivity contribution is 0.0573. The van der Waals surface area contributed by atoms with E-state index in [0.717, 1.165) is 6.54 Å². The Bertz CT molecular complexity index is 443. The van der Waals surface area contributed by atoms with Crippen LogP contribution in [-0.4, -0.2) is 48.4 Å². The number of likely N-dealkylation sites (N-methyl/N-ethyl adjacent to an activating group) is 1. The molecular weight excluding hydrogens is 250 g/mol. The molecule has 1 aromatic rings. The van der Waals surface area contributed by atoms with Gasteiger partial charge in [0.25, 0.3) is 5.91 Å².